The molecular formula is C14H20N2O. The first-order chi connectivity index (χ1) is 8.35. The van der Waals surface area contributed by atoms with Gasteiger partial charge in [0.1, 0.15) is 0 Å². The highest BCUT2D eigenvalue weighted by Crippen LogP contribution is 2.20. The third-order valence-corrected chi connectivity index (χ3v) is 3.87. The van der Waals surface area contributed by atoms with Crippen LogP contribution in [0.25, 0.3) is 0 Å². The zero-order valence-corrected chi connectivity index (χ0v) is 10.4. The molecule has 0 spiro atoms. The summed E-state index contributed by atoms with van der Waals surface area (Å²) in [6.07, 6.45) is 1.61. The Morgan fingerprint density at radius 1 is 1.35 bits per heavy atom. The first kappa shape index (κ1) is 11.2. The lowest BCUT2D eigenvalue weighted by atomic mass is 10.1. The SMILES string of the molecule is CO[C@H]1CCN(Cc2ccc3c(c2)CNC3)C1. The summed E-state index contributed by atoms with van der Waals surface area (Å²) in [4.78, 5) is 2.48. The molecule has 92 valence electrons. The van der Waals surface area contributed by atoms with E-state index in [4.69, 9.17) is 4.74 Å². The van der Waals surface area contributed by atoms with Gasteiger partial charge in [-0.15, -0.1) is 0 Å². The second kappa shape index (κ2) is 4.77. The van der Waals surface area contributed by atoms with E-state index in [1.54, 1.807) is 0 Å². The lowest BCUT2D eigenvalue weighted by molar-refractivity contribution is 0.107. The number of fused-ring (bicyclic) bond motifs is 1. The number of rotatable bonds is 3. The van der Waals surface area contributed by atoms with Gasteiger partial charge in [-0.25, -0.2) is 0 Å². The molecule has 0 aliphatic carbocycles. The van der Waals surface area contributed by atoms with Gasteiger partial charge in [0.2, 0.25) is 0 Å². The summed E-state index contributed by atoms with van der Waals surface area (Å²) in [7, 11) is 1.81. The number of methoxy groups -OCH3 is 1. The van der Waals surface area contributed by atoms with Crippen LogP contribution < -0.4 is 5.32 Å². The smallest absolute Gasteiger partial charge is 0.0710 e. The predicted molar refractivity (Wildman–Crippen MR) is 67.7 cm³/mol. The van der Waals surface area contributed by atoms with Gasteiger partial charge in [0, 0.05) is 39.8 Å². The van der Waals surface area contributed by atoms with Crippen molar-refractivity contribution in [2.75, 3.05) is 20.2 Å². The molecule has 0 aromatic heterocycles. The molecule has 0 amide bonds. The predicted octanol–water partition coefficient (Wildman–Crippen LogP) is 1.51. The maximum atomic E-state index is 5.40. The van der Waals surface area contributed by atoms with Crippen LogP contribution in [0.1, 0.15) is 23.1 Å². The molecule has 1 aromatic carbocycles. The molecule has 0 bridgehead atoms. The Morgan fingerprint density at radius 2 is 2.24 bits per heavy atom. The summed E-state index contributed by atoms with van der Waals surface area (Å²) >= 11 is 0. The quantitative estimate of drug-likeness (QED) is 0.855. The van der Waals surface area contributed by atoms with Crippen LogP contribution >= 0.6 is 0 Å². The molecule has 1 saturated heterocycles. The van der Waals surface area contributed by atoms with Crippen molar-refractivity contribution in [2.45, 2.75) is 32.2 Å². The fourth-order valence-corrected chi connectivity index (χ4v) is 2.84. The maximum absolute atomic E-state index is 5.40. The zero-order valence-electron chi connectivity index (χ0n) is 10.4. The van der Waals surface area contributed by atoms with E-state index in [0.717, 1.165) is 32.7 Å². The van der Waals surface area contributed by atoms with Crippen LogP contribution in [-0.4, -0.2) is 31.2 Å². The Hall–Kier alpha value is -0.900. The van der Waals surface area contributed by atoms with E-state index >= 15 is 0 Å². The van der Waals surface area contributed by atoms with Crippen molar-refractivity contribution >= 4 is 0 Å². The van der Waals surface area contributed by atoms with Gasteiger partial charge in [-0.3, -0.25) is 4.90 Å². The van der Waals surface area contributed by atoms with Gasteiger partial charge in [-0.05, 0) is 23.1 Å². The van der Waals surface area contributed by atoms with Gasteiger partial charge in [0.05, 0.1) is 6.10 Å². The highest BCUT2D eigenvalue weighted by molar-refractivity contribution is 5.34. The van der Waals surface area contributed by atoms with Crippen molar-refractivity contribution in [1.29, 1.82) is 0 Å². The van der Waals surface area contributed by atoms with Crippen LogP contribution in [0.5, 0.6) is 0 Å². The number of nitrogens with one attached hydrogen (secondary N) is 1. The fourth-order valence-electron chi connectivity index (χ4n) is 2.84. The first-order valence-corrected chi connectivity index (χ1v) is 6.41. The van der Waals surface area contributed by atoms with E-state index in [2.05, 4.69) is 28.4 Å². The molecule has 1 aromatic rings. The third kappa shape index (κ3) is 2.37. The summed E-state index contributed by atoms with van der Waals surface area (Å²) in [5.41, 5.74) is 4.37. The molecule has 1 atom stereocenters. The molecule has 3 heteroatoms. The number of likely N-dealkylation sites (tertiary alicyclic amines) is 1. The van der Waals surface area contributed by atoms with Crippen molar-refractivity contribution in [3.8, 4) is 0 Å². The average Bonchev–Trinajstić information content (AvgIpc) is 2.96. The maximum Gasteiger partial charge on any atom is 0.0710 e. The molecule has 17 heavy (non-hydrogen) atoms. The Morgan fingerprint density at radius 3 is 3.06 bits per heavy atom. The van der Waals surface area contributed by atoms with E-state index < -0.39 is 0 Å². The molecule has 3 nitrogen and oxygen atoms in total. The van der Waals surface area contributed by atoms with Crippen LogP contribution in [-0.2, 0) is 24.4 Å². The van der Waals surface area contributed by atoms with Crippen LogP contribution in [0.15, 0.2) is 18.2 Å². The monoisotopic (exact) mass is 232 g/mol. The Labute approximate surface area is 103 Å². The lowest BCUT2D eigenvalue weighted by Crippen LogP contribution is -2.22. The second-order valence-electron chi connectivity index (χ2n) is 5.09. The van der Waals surface area contributed by atoms with E-state index in [9.17, 15) is 0 Å². The van der Waals surface area contributed by atoms with Gasteiger partial charge in [-0.1, -0.05) is 18.2 Å². The minimum absolute atomic E-state index is 0.436. The summed E-state index contributed by atoms with van der Waals surface area (Å²) < 4.78 is 5.40. The number of nitrogens with zero attached hydrogens (tertiary/aromatic N) is 1. The lowest BCUT2D eigenvalue weighted by Gasteiger charge is -2.16. The minimum atomic E-state index is 0.436. The van der Waals surface area contributed by atoms with Gasteiger partial charge < -0.3 is 10.1 Å². The van der Waals surface area contributed by atoms with Crippen molar-refractivity contribution in [2.24, 2.45) is 0 Å². The normalized spacial score (nSPS) is 24.2. The molecule has 0 unspecified atom stereocenters. The molecule has 0 saturated carbocycles. The van der Waals surface area contributed by atoms with Gasteiger partial charge in [0.15, 0.2) is 0 Å². The topological polar surface area (TPSA) is 24.5 Å². The standard InChI is InChI=1S/C14H20N2O/c1-17-14-4-5-16(10-14)9-11-2-3-12-7-15-8-13(12)6-11/h2-3,6,14-15H,4-5,7-10H2,1H3/t14-/m0/s1. The Balaban J connectivity index is 1.65. The van der Waals surface area contributed by atoms with Crippen molar-refractivity contribution < 1.29 is 4.74 Å². The van der Waals surface area contributed by atoms with Crippen molar-refractivity contribution in [3.63, 3.8) is 0 Å². The zero-order chi connectivity index (χ0) is 11.7. The number of hydrogen-bond donors (Lipinski definition) is 1. The highest BCUT2D eigenvalue weighted by Gasteiger charge is 2.22. The van der Waals surface area contributed by atoms with Gasteiger partial charge in [0.25, 0.3) is 0 Å². The summed E-state index contributed by atoms with van der Waals surface area (Å²) in [5, 5.41) is 3.39. The van der Waals surface area contributed by atoms with Crippen molar-refractivity contribution in [3.05, 3.63) is 34.9 Å². The third-order valence-electron chi connectivity index (χ3n) is 3.87. The van der Waals surface area contributed by atoms with E-state index in [1.165, 1.54) is 23.1 Å². The number of hydrogen-bond acceptors (Lipinski definition) is 3. The van der Waals surface area contributed by atoms with Crippen LogP contribution in [0.4, 0.5) is 0 Å². The van der Waals surface area contributed by atoms with Crippen LogP contribution in [0.2, 0.25) is 0 Å². The van der Waals surface area contributed by atoms with Crippen LogP contribution in [0, 0.1) is 0 Å². The number of ether oxygens (including phenoxy) is 1. The molecule has 1 fully saturated rings. The second-order valence-corrected chi connectivity index (χ2v) is 5.09. The summed E-state index contributed by atoms with van der Waals surface area (Å²) in [6, 6.07) is 6.90. The molecule has 2 aliphatic rings. The Kier molecular flexibility index (Phi) is 3.14. The first-order valence-electron chi connectivity index (χ1n) is 6.41. The molecule has 3 rings (SSSR count). The van der Waals surface area contributed by atoms with E-state index in [0.29, 0.717) is 6.10 Å². The fraction of sp³-hybridized carbons (Fsp3) is 0.571. The summed E-state index contributed by atoms with van der Waals surface area (Å²) in [5.74, 6) is 0. The molecule has 2 heterocycles. The molecular weight excluding hydrogens is 212 g/mol. The van der Waals surface area contributed by atoms with Crippen LogP contribution in [0.3, 0.4) is 0 Å². The largest absolute Gasteiger partial charge is 0.380 e. The Bertz CT molecular complexity index is 405. The van der Waals surface area contributed by atoms with E-state index in [-0.39, 0.29) is 0 Å². The molecule has 1 N–H and O–H groups in total. The summed E-state index contributed by atoms with van der Waals surface area (Å²) in [6.45, 7) is 5.36. The van der Waals surface area contributed by atoms with Gasteiger partial charge >= 0.3 is 0 Å². The number of benzene rings is 1. The minimum Gasteiger partial charge on any atom is -0.380 e. The van der Waals surface area contributed by atoms with Crippen molar-refractivity contribution in [1.82, 2.24) is 10.2 Å². The molecule has 0 radical (unpaired) electrons. The van der Waals surface area contributed by atoms with Gasteiger partial charge in [-0.2, -0.15) is 0 Å². The average molecular weight is 232 g/mol. The highest BCUT2D eigenvalue weighted by atomic mass is 16.5. The molecule has 2 aliphatic heterocycles. The van der Waals surface area contributed by atoms with E-state index in [1.807, 2.05) is 7.11 Å².